The molecule has 0 aromatic heterocycles. The fourth-order valence-electron chi connectivity index (χ4n) is 3.15. The Bertz CT molecular complexity index is 983. The number of carbonyl (C=O) groups is 1. The van der Waals surface area contributed by atoms with E-state index in [9.17, 15) is 13.2 Å². The Labute approximate surface area is 170 Å². The number of rotatable bonds is 6. The lowest BCUT2D eigenvalue weighted by Gasteiger charge is -2.36. The number of piperazine rings is 1. The SMILES string of the molecule is COc1ccccc1N1CCN(S(=O)(=O)c2cccc(/C=C/C(=O)Cl)c2)CC1. The van der Waals surface area contributed by atoms with Gasteiger partial charge in [-0.3, -0.25) is 4.79 Å². The summed E-state index contributed by atoms with van der Waals surface area (Å²) in [6.07, 6.45) is 2.69. The average Bonchev–Trinajstić information content (AvgIpc) is 2.72. The molecule has 0 atom stereocenters. The van der Waals surface area contributed by atoms with Crippen LogP contribution in [0, 0.1) is 0 Å². The van der Waals surface area contributed by atoms with Crippen LogP contribution in [0.2, 0.25) is 0 Å². The highest BCUT2D eigenvalue weighted by atomic mass is 35.5. The van der Waals surface area contributed by atoms with Crippen molar-refractivity contribution in [2.24, 2.45) is 0 Å². The maximum atomic E-state index is 13.0. The van der Waals surface area contributed by atoms with Crippen LogP contribution in [-0.2, 0) is 14.8 Å². The van der Waals surface area contributed by atoms with Gasteiger partial charge in [0, 0.05) is 26.2 Å². The topological polar surface area (TPSA) is 66.9 Å². The molecule has 0 amide bonds. The molecule has 1 aliphatic rings. The lowest BCUT2D eigenvalue weighted by molar-refractivity contribution is -0.107. The summed E-state index contributed by atoms with van der Waals surface area (Å²) in [6.45, 7) is 1.89. The third kappa shape index (κ3) is 4.55. The maximum Gasteiger partial charge on any atom is 0.245 e. The highest BCUT2D eigenvalue weighted by Crippen LogP contribution is 2.29. The van der Waals surface area contributed by atoms with Crippen LogP contribution in [0.15, 0.2) is 59.5 Å². The summed E-state index contributed by atoms with van der Waals surface area (Å²) in [7, 11) is -2.00. The number of sulfonamides is 1. The van der Waals surface area contributed by atoms with Gasteiger partial charge in [-0.05, 0) is 47.5 Å². The zero-order valence-corrected chi connectivity index (χ0v) is 17.0. The molecule has 0 aliphatic carbocycles. The van der Waals surface area contributed by atoms with E-state index in [4.69, 9.17) is 16.3 Å². The van der Waals surface area contributed by atoms with Crippen molar-refractivity contribution < 1.29 is 17.9 Å². The number of ether oxygens (including phenoxy) is 1. The smallest absolute Gasteiger partial charge is 0.245 e. The number of hydrogen-bond donors (Lipinski definition) is 0. The van der Waals surface area contributed by atoms with Crippen molar-refractivity contribution in [3.8, 4) is 5.75 Å². The molecule has 0 bridgehead atoms. The van der Waals surface area contributed by atoms with Crippen molar-refractivity contribution >= 4 is 38.6 Å². The molecule has 0 spiro atoms. The van der Waals surface area contributed by atoms with Crippen LogP contribution in [0.1, 0.15) is 5.56 Å². The Morgan fingerprint density at radius 3 is 2.46 bits per heavy atom. The standard InChI is InChI=1S/C20H21ClN2O4S/c1-27-19-8-3-2-7-18(19)22-11-13-23(14-12-22)28(25,26)17-6-4-5-16(15-17)9-10-20(21)24/h2-10,15H,11-14H2,1H3/b10-9+. The van der Waals surface area contributed by atoms with E-state index in [-0.39, 0.29) is 4.90 Å². The number of allylic oxidation sites excluding steroid dienone is 1. The van der Waals surface area contributed by atoms with Gasteiger partial charge >= 0.3 is 0 Å². The lowest BCUT2D eigenvalue weighted by atomic mass is 10.2. The molecule has 3 rings (SSSR count). The van der Waals surface area contributed by atoms with Crippen LogP contribution in [0.5, 0.6) is 5.75 Å². The van der Waals surface area contributed by atoms with Crippen LogP contribution in [0.3, 0.4) is 0 Å². The van der Waals surface area contributed by atoms with E-state index in [1.165, 1.54) is 22.5 Å². The molecular formula is C20H21ClN2O4S. The fraction of sp³-hybridized carbons (Fsp3) is 0.250. The van der Waals surface area contributed by atoms with Gasteiger partial charge in [-0.2, -0.15) is 4.31 Å². The predicted octanol–water partition coefficient (Wildman–Crippen LogP) is 2.98. The van der Waals surface area contributed by atoms with Gasteiger partial charge in [0.15, 0.2) is 0 Å². The molecular weight excluding hydrogens is 400 g/mol. The maximum absolute atomic E-state index is 13.0. The van der Waals surface area contributed by atoms with Crippen LogP contribution in [-0.4, -0.2) is 51.3 Å². The third-order valence-electron chi connectivity index (χ3n) is 4.57. The molecule has 148 valence electrons. The van der Waals surface area contributed by atoms with E-state index in [0.29, 0.717) is 31.7 Å². The molecule has 0 radical (unpaired) electrons. The molecule has 2 aromatic rings. The number of halogens is 1. The number of benzene rings is 2. The van der Waals surface area contributed by atoms with E-state index in [1.54, 1.807) is 25.3 Å². The molecule has 1 heterocycles. The Balaban J connectivity index is 1.75. The number of carbonyl (C=O) groups excluding carboxylic acids is 1. The van der Waals surface area contributed by atoms with Crippen molar-refractivity contribution in [3.63, 3.8) is 0 Å². The molecule has 0 saturated carbocycles. The number of anilines is 1. The number of hydrogen-bond acceptors (Lipinski definition) is 5. The van der Waals surface area contributed by atoms with Gasteiger partial charge in [-0.15, -0.1) is 0 Å². The minimum absolute atomic E-state index is 0.197. The van der Waals surface area contributed by atoms with Crippen LogP contribution in [0.25, 0.3) is 6.08 Å². The van der Waals surface area contributed by atoms with E-state index in [2.05, 4.69) is 4.90 Å². The van der Waals surface area contributed by atoms with Crippen molar-refractivity contribution in [2.75, 3.05) is 38.2 Å². The van der Waals surface area contributed by atoms with Crippen molar-refractivity contribution in [1.82, 2.24) is 4.31 Å². The second-order valence-corrected chi connectivity index (χ2v) is 8.58. The summed E-state index contributed by atoms with van der Waals surface area (Å²) in [5.74, 6) is 0.770. The van der Waals surface area contributed by atoms with E-state index in [1.807, 2.05) is 24.3 Å². The molecule has 2 aromatic carbocycles. The van der Waals surface area contributed by atoms with Gasteiger partial charge in [-0.25, -0.2) is 8.42 Å². The molecule has 0 N–H and O–H groups in total. The first kappa shape index (κ1) is 20.4. The highest BCUT2D eigenvalue weighted by molar-refractivity contribution is 7.89. The Hall–Kier alpha value is -2.35. The Morgan fingerprint density at radius 1 is 1.07 bits per heavy atom. The summed E-state index contributed by atoms with van der Waals surface area (Å²) >= 11 is 5.30. The van der Waals surface area contributed by atoms with E-state index >= 15 is 0 Å². The molecule has 1 aliphatic heterocycles. The monoisotopic (exact) mass is 420 g/mol. The van der Waals surface area contributed by atoms with Crippen LogP contribution >= 0.6 is 11.6 Å². The van der Waals surface area contributed by atoms with Gasteiger partial charge in [0.1, 0.15) is 5.75 Å². The Morgan fingerprint density at radius 2 is 1.79 bits per heavy atom. The van der Waals surface area contributed by atoms with E-state index in [0.717, 1.165) is 11.4 Å². The van der Waals surface area contributed by atoms with Crippen molar-refractivity contribution in [3.05, 3.63) is 60.2 Å². The summed E-state index contributed by atoms with van der Waals surface area (Å²) in [6, 6.07) is 14.2. The number of para-hydroxylation sites is 2. The second-order valence-electron chi connectivity index (χ2n) is 6.27. The minimum Gasteiger partial charge on any atom is -0.495 e. The molecule has 28 heavy (non-hydrogen) atoms. The van der Waals surface area contributed by atoms with Gasteiger partial charge in [-0.1, -0.05) is 30.3 Å². The normalized spacial score (nSPS) is 15.7. The quantitative estimate of drug-likeness (QED) is 0.531. The summed E-state index contributed by atoms with van der Waals surface area (Å²) in [4.78, 5) is 13.2. The molecule has 8 heteroatoms. The number of nitrogens with zero attached hydrogens (tertiary/aromatic N) is 2. The third-order valence-corrected chi connectivity index (χ3v) is 6.59. The summed E-state index contributed by atoms with van der Waals surface area (Å²) < 4.78 is 32.9. The zero-order chi connectivity index (χ0) is 20.1. The summed E-state index contributed by atoms with van der Waals surface area (Å²) in [5.41, 5.74) is 1.56. The predicted molar refractivity (Wildman–Crippen MR) is 110 cm³/mol. The van der Waals surface area contributed by atoms with Gasteiger partial charge < -0.3 is 9.64 Å². The first-order chi connectivity index (χ1) is 13.4. The van der Waals surface area contributed by atoms with Gasteiger partial charge in [0.05, 0.1) is 17.7 Å². The van der Waals surface area contributed by atoms with Crippen molar-refractivity contribution in [2.45, 2.75) is 4.90 Å². The molecule has 1 saturated heterocycles. The Kier molecular flexibility index (Phi) is 6.39. The molecule has 6 nitrogen and oxygen atoms in total. The fourth-order valence-corrected chi connectivity index (χ4v) is 4.69. The minimum atomic E-state index is -3.62. The molecule has 0 unspecified atom stereocenters. The first-order valence-corrected chi connectivity index (χ1v) is 10.6. The number of methoxy groups -OCH3 is 1. The van der Waals surface area contributed by atoms with Crippen molar-refractivity contribution in [1.29, 1.82) is 0 Å². The van der Waals surface area contributed by atoms with Gasteiger partial charge in [0.25, 0.3) is 0 Å². The first-order valence-electron chi connectivity index (χ1n) is 8.77. The zero-order valence-electron chi connectivity index (χ0n) is 15.4. The average molecular weight is 421 g/mol. The molecule has 1 fully saturated rings. The summed E-state index contributed by atoms with van der Waals surface area (Å²) in [5, 5.41) is -0.610. The van der Waals surface area contributed by atoms with Crippen LogP contribution < -0.4 is 9.64 Å². The highest BCUT2D eigenvalue weighted by Gasteiger charge is 2.29. The largest absolute Gasteiger partial charge is 0.495 e. The second kappa shape index (κ2) is 8.77. The lowest BCUT2D eigenvalue weighted by Crippen LogP contribution is -2.48. The van der Waals surface area contributed by atoms with Gasteiger partial charge in [0.2, 0.25) is 15.3 Å². The van der Waals surface area contributed by atoms with Crippen LogP contribution in [0.4, 0.5) is 5.69 Å². The van der Waals surface area contributed by atoms with E-state index < -0.39 is 15.3 Å².